The maximum Gasteiger partial charge on any atom is 0.345 e. The number of hydrogen-bond donors (Lipinski definition) is 3. The number of nitrogens with one attached hydrogen (secondary N) is 2. The highest BCUT2D eigenvalue weighted by Crippen LogP contribution is 2.31. The van der Waals surface area contributed by atoms with Crippen LogP contribution in [0.1, 0.15) is 32.3 Å². The molecule has 1 aromatic carbocycles. The van der Waals surface area contributed by atoms with Gasteiger partial charge in [0.1, 0.15) is 0 Å². The minimum atomic E-state index is -0.899. The molecule has 0 fully saturated rings. The summed E-state index contributed by atoms with van der Waals surface area (Å²) in [5, 5.41) is 10.6. The number of carbonyl (C=O) groups excluding carboxylic acids is 2. The first kappa shape index (κ1) is 15.2. The maximum absolute atomic E-state index is 12.2. The molecule has 1 rings (SSSR count). The van der Waals surface area contributed by atoms with Crippen LogP contribution in [-0.2, 0) is 11.2 Å². The number of benzene rings is 1. The molecule has 5 nitrogen and oxygen atoms in total. The summed E-state index contributed by atoms with van der Waals surface area (Å²) in [5.74, 6) is -0.368. The Hall–Kier alpha value is -1.88. The SMILES string of the molecule is CCC(CC)(Cc1ccccc1)C(=O)NC(=O)NO. The Morgan fingerprint density at radius 3 is 2.21 bits per heavy atom. The van der Waals surface area contributed by atoms with Gasteiger partial charge >= 0.3 is 6.03 Å². The van der Waals surface area contributed by atoms with Crippen molar-refractivity contribution < 1.29 is 14.8 Å². The molecule has 5 heteroatoms. The van der Waals surface area contributed by atoms with E-state index in [-0.39, 0.29) is 5.91 Å². The quantitative estimate of drug-likeness (QED) is 0.564. The van der Waals surface area contributed by atoms with Crippen LogP contribution in [0.4, 0.5) is 4.79 Å². The third-order valence-corrected chi connectivity index (χ3v) is 3.55. The molecule has 19 heavy (non-hydrogen) atoms. The summed E-state index contributed by atoms with van der Waals surface area (Å²) in [5.41, 5.74) is 1.81. The smallest absolute Gasteiger partial charge is 0.287 e. The van der Waals surface area contributed by atoms with E-state index in [0.717, 1.165) is 5.56 Å². The standard InChI is InChI=1S/C14H20N2O3/c1-3-14(4-2,12(17)15-13(18)16-19)10-11-8-6-5-7-9-11/h5-9,19H,3-4,10H2,1-2H3,(H2,15,16,17,18). The molecule has 0 bridgehead atoms. The first-order valence-corrected chi connectivity index (χ1v) is 6.37. The summed E-state index contributed by atoms with van der Waals surface area (Å²) in [4.78, 5) is 23.3. The first-order valence-electron chi connectivity index (χ1n) is 6.37. The van der Waals surface area contributed by atoms with Gasteiger partial charge in [-0.1, -0.05) is 44.2 Å². The van der Waals surface area contributed by atoms with E-state index < -0.39 is 11.4 Å². The molecule has 0 saturated carbocycles. The van der Waals surface area contributed by atoms with Crippen LogP contribution in [0.2, 0.25) is 0 Å². The topological polar surface area (TPSA) is 78.4 Å². The van der Waals surface area contributed by atoms with Crippen molar-refractivity contribution in [2.75, 3.05) is 0 Å². The largest absolute Gasteiger partial charge is 0.345 e. The Bertz CT molecular complexity index is 428. The molecule has 0 saturated heterocycles. The molecular formula is C14H20N2O3. The van der Waals surface area contributed by atoms with E-state index in [2.05, 4.69) is 5.32 Å². The van der Waals surface area contributed by atoms with Gasteiger partial charge in [-0.15, -0.1) is 0 Å². The molecule has 0 aliphatic rings. The van der Waals surface area contributed by atoms with Gasteiger partial charge in [0.2, 0.25) is 5.91 Å². The first-order chi connectivity index (χ1) is 9.07. The second kappa shape index (κ2) is 6.89. The average Bonchev–Trinajstić information content (AvgIpc) is 2.45. The van der Waals surface area contributed by atoms with Crippen LogP contribution in [0.5, 0.6) is 0 Å². The zero-order chi connectivity index (χ0) is 14.3. The summed E-state index contributed by atoms with van der Waals surface area (Å²) in [6.07, 6.45) is 1.79. The van der Waals surface area contributed by atoms with E-state index >= 15 is 0 Å². The number of amides is 3. The number of hydrogen-bond acceptors (Lipinski definition) is 3. The highest BCUT2D eigenvalue weighted by atomic mass is 16.5. The van der Waals surface area contributed by atoms with Gasteiger partial charge in [-0.05, 0) is 24.8 Å². The van der Waals surface area contributed by atoms with Crippen molar-refractivity contribution in [1.29, 1.82) is 0 Å². The average molecular weight is 264 g/mol. The van der Waals surface area contributed by atoms with E-state index in [0.29, 0.717) is 19.3 Å². The zero-order valence-electron chi connectivity index (χ0n) is 11.3. The highest BCUT2D eigenvalue weighted by molar-refractivity contribution is 5.97. The molecule has 0 aromatic heterocycles. The van der Waals surface area contributed by atoms with Crippen molar-refractivity contribution in [3.63, 3.8) is 0 Å². The van der Waals surface area contributed by atoms with Crippen LogP contribution in [0.15, 0.2) is 30.3 Å². The molecule has 104 valence electrons. The van der Waals surface area contributed by atoms with Crippen molar-refractivity contribution in [2.24, 2.45) is 5.41 Å². The Kier molecular flexibility index (Phi) is 5.51. The molecule has 0 spiro atoms. The van der Waals surface area contributed by atoms with Gasteiger partial charge in [-0.25, -0.2) is 10.3 Å². The van der Waals surface area contributed by atoms with Gasteiger partial charge in [-0.2, -0.15) is 0 Å². The Labute approximate surface area is 113 Å². The lowest BCUT2D eigenvalue weighted by atomic mass is 9.76. The van der Waals surface area contributed by atoms with Gasteiger partial charge in [0.25, 0.3) is 0 Å². The summed E-state index contributed by atoms with van der Waals surface area (Å²) >= 11 is 0. The van der Waals surface area contributed by atoms with Gasteiger partial charge < -0.3 is 0 Å². The third kappa shape index (κ3) is 3.79. The normalized spacial score (nSPS) is 10.9. The Morgan fingerprint density at radius 1 is 1.16 bits per heavy atom. The summed E-state index contributed by atoms with van der Waals surface area (Å²) in [6.45, 7) is 3.84. The second-order valence-corrected chi connectivity index (χ2v) is 4.54. The summed E-state index contributed by atoms with van der Waals surface area (Å²) in [6, 6.07) is 8.78. The van der Waals surface area contributed by atoms with Crippen molar-refractivity contribution >= 4 is 11.9 Å². The van der Waals surface area contributed by atoms with Crippen LogP contribution in [0.25, 0.3) is 0 Å². The van der Waals surface area contributed by atoms with Gasteiger partial charge in [0.15, 0.2) is 0 Å². The number of hydroxylamine groups is 1. The Balaban J connectivity index is 2.90. The van der Waals surface area contributed by atoms with Crippen molar-refractivity contribution in [3.8, 4) is 0 Å². The molecule has 3 N–H and O–H groups in total. The van der Waals surface area contributed by atoms with E-state index in [1.807, 2.05) is 44.2 Å². The summed E-state index contributed by atoms with van der Waals surface area (Å²) < 4.78 is 0. The molecule has 0 radical (unpaired) electrons. The number of urea groups is 1. The van der Waals surface area contributed by atoms with Gasteiger partial charge in [0.05, 0.1) is 5.41 Å². The van der Waals surface area contributed by atoms with E-state index in [1.165, 1.54) is 5.48 Å². The van der Waals surface area contributed by atoms with Gasteiger partial charge in [0, 0.05) is 0 Å². The number of rotatable bonds is 5. The van der Waals surface area contributed by atoms with Crippen LogP contribution in [-0.4, -0.2) is 17.1 Å². The van der Waals surface area contributed by atoms with Crippen LogP contribution >= 0.6 is 0 Å². The molecule has 0 heterocycles. The lowest BCUT2D eigenvalue weighted by Gasteiger charge is -2.29. The monoisotopic (exact) mass is 264 g/mol. The second-order valence-electron chi connectivity index (χ2n) is 4.54. The molecule has 0 aliphatic heterocycles. The highest BCUT2D eigenvalue weighted by Gasteiger charge is 2.35. The number of imide groups is 1. The number of carbonyl (C=O) groups is 2. The fourth-order valence-electron chi connectivity index (χ4n) is 2.15. The maximum atomic E-state index is 12.2. The fourth-order valence-corrected chi connectivity index (χ4v) is 2.15. The molecular weight excluding hydrogens is 244 g/mol. The predicted octanol–water partition coefficient (Wildman–Crippen LogP) is 2.25. The van der Waals surface area contributed by atoms with E-state index in [1.54, 1.807) is 0 Å². The Morgan fingerprint density at radius 2 is 1.74 bits per heavy atom. The van der Waals surface area contributed by atoms with Crippen LogP contribution in [0.3, 0.4) is 0 Å². The minimum Gasteiger partial charge on any atom is -0.287 e. The molecule has 0 aliphatic carbocycles. The van der Waals surface area contributed by atoms with Crippen LogP contribution < -0.4 is 10.8 Å². The lowest BCUT2D eigenvalue weighted by Crippen LogP contribution is -2.47. The zero-order valence-corrected chi connectivity index (χ0v) is 11.3. The molecule has 0 unspecified atom stereocenters. The third-order valence-electron chi connectivity index (χ3n) is 3.55. The van der Waals surface area contributed by atoms with E-state index in [9.17, 15) is 9.59 Å². The van der Waals surface area contributed by atoms with Crippen molar-refractivity contribution in [3.05, 3.63) is 35.9 Å². The minimum absolute atomic E-state index is 0.368. The fraction of sp³-hybridized carbons (Fsp3) is 0.429. The summed E-state index contributed by atoms with van der Waals surface area (Å²) in [7, 11) is 0. The van der Waals surface area contributed by atoms with Crippen molar-refractivity contribution in [1.82, 2.24) is 10.8 Å². The molecule has 1 aromatic rings. The molecule has 3 amide bonds. The predicted molar refractivity (Wildman–Crippen MR) is 71.6 cm³/mol. The van der Waals surface area contributed by atoms with Gasteiger partial charge in [-0.3, -0.25) is 15.3 Å². The van der Waals surface area contributed by atoms with Crippen molar-refractivity contribution in [2.45, 2.75) is 33.1 Å². The van der Waals surface area contributed by atoms with E-state index in [4.69, 9.17) is 5.21 Å². The lowest BCUT2D eigenvalue weighted by molar-refractivity contribution is -0.130. The molecule has 0 atom stereocenters. The van der Waals surface area contributed by atoms with Crippen LogP contribution in [0, 0.1) is 5.41 Å².